The lowest BCUT2D eigenvalue weighted by Crippen LogP contribution is -2.21. The summed E-state index contributed by atoms with van der Waals surface area (Å²) < 4.78 is 0. The fourth-order valence-electron chi connectivity index (χ4n) is 1.58. The molecule has 0 aromatic heterocycles. The van der Waals surface area contributed by atoms with E-state index in [1.54, 1.807) is 6.07 Å². The molecule has 0 bridgehead atoms. The van der Waals surface area contributed by atoms with Crippen molar-refractivity contribution in [3.05, 3.63) is 29.3 Å². The third-order valence-corrected chi connectivity index (χ3v) is 2.75. The lowest BCUT2D eigenvalue weighted by Gasteiger charge is -2.25. The van der Waals surface area contributed by atoms with Crippen LogP contribution >= 0.6 is 0 Å². The normalized spacial score (nSPS) is 11.7. The van der Waals surface area contributed by atoms with Crippen LogP contribution in [0.1, 0.15) is 31.4 Å². The first-order valence-corrected chi connectivity index (χ1v) is 4.97. The maximum atomic E-state index is 9.41. The molecule has 0 radical (unpaired) electrons. The fraction of sp³-hybridized carbons (Fsp3) is 0.500. The maximum absolute atomic E-state index is 9.41. The van der Waals surface area contributed by atoms with Gasteiger partial charge < -0.3 is 10.8 Å². The zero-order valence-electron chi connectivity index (χ0n) is 9.17. The van der Waals surface area contributed by atoms with Gasteiger partial charge in [-0.15, -0.1) is 0 Å². The van der Waals surface area contributed by atoms with Crippen LogP contribution in [0.25, 0.3) is 0 Å². The Morgan fingerprint density at radius 1 is 1.36 bits per heavy atom. The topological polar surface area (TPSA) is 46.2 Å². The van der Waals surface area contributed by atoms with E-state index in [0.717, 1.165) is 12.0 Å². The Kier molecular flexibility index (Phi) is 3.17. The van der Waals surface area contributed by atoms with Crippen LogP contribution < -0.4 is 5.73 Å². The Bertz CT molecular complexity index is 318. The third-order valence-electron chi connectivity index (χ3n) is 2.75. The molecule has 0 spiro atoms. The predicted molar refractivity (Wildman–Crippen MR) is 59.5 cm³/mol. The molecule has 0 heterocycles. The van der Waals surface area contributed by atoms with Crippen LogP contribution in [-0.4, -0.2) is 11.7 Å². The standard InChI is InChI=1S/C12H19NO/c1-9-8-10(4-5-11(9)14)12(2,3)6-7-13/h4-5,8,14H,6-7,13H2,1-3H3. The number of phenols is 1. The first-order valence-electron chi connectivity index (χ1n) is 4.97. The van der Waals surface area contributed by atoms with E-state index in [9.17, 15) is 5.11 Å². The summed E-state index contributed by atoms with van der Waals surface area (Å²) in [6, 6.07) is 5.76. The highest BCUT2D eigenvalue weighted by atomic mass is 16.3. The third kappa shape index (κ3) is 2.26. The summed E-state index contributed by atoms with van der Waals surface area (Å²) in [6.45, 7) is 6.95. The molecule has 3 N–H and O–H groups in total. The Balaban J connectivity index is 3.01. The Hall–Kier alpha value is -1.02. The summed E-state index contributed by atoms with van der Waals surface area (Å²) in [5.74, 6) is 0.359. The van der Waals surface area contributed by atoms with Gasteiger partial charge >= 0.3 is 0 Å². The minimum absolute atomic E-state index is 0.0905. The molecule has 0 aliphatic carbocycles. The molecule has 0 amide bonds. The van der Waals surface area contributed by atoms with Gasteiger partial charge in [0, 0.05) is 0 Å². The first kappa shape index (κ1) is 11.1. The number of hydrogen-bond donors (Lipinski definition) is 2. The van der Waals surface area contributed by atoms with Gasteiger partial charge in [0.1, 0.15) is 5.75 Å². The minimum Gasteiger partial charge on any atom is -0.508 e. The number of benzene rings is 1. The predicted octanol–water partition coefficient (Wildman–Crippen LogP) is 2.33. The van der Waals surface area contributed by atoms with Crippen molar-refractivity contribution in [1.82, 2.24) is 0 Å². The SMILES string of the molecule is Cc1cc(C(C)(C)CCN)ccc1O. The van der Waals surface area contributed by atoms with Crippen LogP contribution in [0.2, 0.25) is 0 Å². The quantitative estimate of drug-likeness (QED) is 0.774. The second-order valence-corrected chi connectivity index (χ2v) is 4.42. The summed E-state index contributed by atoms with van der Waals surface area (Å²) in [4.78, 5) is 0. The molecule has 0 aliphatic heterocycles. The van der Waals surface area contributed by atoms with Gasteiger partial charge in [-0.2, -0.15) is 0 Å². The maximum Gasteiger partial charge on any atom is 0.118 e. The van der Waals surface area contributed by atoms with Crippen molar-refractivity contribution in [1.29, 1.82) is 0 Å². The minimum atomic E-state index is 0.0905. The fourth-order valence-corrected chi connectivity index (χ4v) is 1.58. The number of aryl methyl sites for hydroxylation is 1. The van der Waals surface area contributed by atoms with Gasteiger partial charge in [0.15, 0.2) is 0 Å². The average Bonchev–Trinajstić information content (AvgIpc) is 2.09. The van der Waals surface area contributed by atoms with Crippen LogP contribution in [-0.2, 0) is 5.41 Å². The Labute approximate surface area is 85.8 Å². The van der Waals surface area contributed by atoms with Gasteiger partial charge in [0.2, 0.25) is 0 Å². The largest absolute Gasteiger partial charge is 0.508 e. The van der Waals surface area contributed by atoms with E-state index < -0.39 is 0 Å². The monoisotopic (exact) mass is 193 g/mol. The van der Waals surface area contributed by atoms with E-state index >= 15 is 0 Å². The molecule has 2 heteroatoms. The Morgan fingerprint density at radius 3 is 2.50 bits per heavy atom. The summed E-state index contributed by atoms with van der Waals surface area (Å²) in [5.41, 5.74) is 7.82. The number of nitrogens with two attached hydrogens (primary N) is 1. The van der Waals surface area contributed by atoms with E-state index in [4.69, 9.17) is 5.73 Å². The lowest BCUT2D eigenvalue weighted by molar-refractivity contribution is 0.464. The van der Waals surface area contributed by atoms with Gasteiger partial charge in [-0.3, -0.25) is 0 Å². The van der Waals surface area contributed by atoms with Crippen molar-refractivity contribution >= 4 is 0 Å². The van der Waals surface area contributed by atoms with Gasteiger partial charge in [-0.05, 0) is 42.5 Å². The first-order chi connectivity index (χ1) is 6.47. The highest BCUT2D eigenvalue weighted by molar-refractivity contribution is 5.37. The van der Waals surface area contributed by atoms with Gasteiger partial charge in [-0.1, -0.05) is 26.0 Å². The molecular weight excluding hydrogens is 174 g/mol. The summed E-state index contributed by atoms with van der Waals surface area (Å²) in [6.07, 6.45) is 0.956. The molecule has 0 fully saturated rings. The molecule has 0 saturated carbocycles. The van der Waals surface area contributed by atoms with E-state index in [1.807, 2.05) is 19.1 Å². The van der Waals surface area contributed by atoms with Gasteiger partial charge in [-0.25, -0.2) is 0 Å². The molecule has 0 aliphatic rings. The zero-order chi connectivity index (χ0) is 10.8. The van der Waals surface area contributed by atoms with Crippen molar-refractivity contribution in [2.75, 3.05) is 6.54 Å². The number of phenolic OH excluding ortho intramolecular Hbond substituents is 1. The molecule has 78 valence electrons. The number of aromatic hydroxyl groups is 1. The second-order valence-electron chi connectivity index (χ2n) is 4.42. The van der Waals surface area contributed by atoms with Crippen molar-refractivity contribution in [3.63, 3.8) is 0 Å². The van der Waals surface area contributed by atoms with Gasteiger partial charge in [0.05, 0.1) is 0 Å². The van der Waals surface area contributed by atoms with Crippen molar-refractivity contribution in [2.24, 2.45) is 5.73 Å². The lowest BCUT2D eigenvalue weighted by atomic mass is 9.81. The highest BCUT2D eigenvalue weighted by Crippen LogP contribution is 2.29. The molecule has 0 saturated heterocycles. The highest BCUT2D eigenvalue weighted by Gasteiger charge is 2.19. The molecule has 1 rings (SSSR count). The summed E-state index contributed by atoms with van der Waals surface area (Å²) >= 11 is 0. The molecule has 2 nitrogen and oxygen atoms in total. The molecule has 1 aromatic rings. The second kappa shape index (κ2) is 4.01. The van der Waals surface area contributed by atoms with Crippen molar-refractivity contribution in [3.8, 4) is 5.75 Å². The van der Waals surface area contributed by atoms with Crippen LogP contribution in [0.5, 0.6) is 5.75 Å². The molecule has 1 aromatic carbocycles. The smallest absolute Gasteiger partial charge is 0.118 e. The summed E-state index contributed by atoms with van der Waals surface area (Å²) in [7, 11) is 0. The number of hydrogen-bond acceptors (Lipinski definition) is 2. The zero-order valence-corrected chi connectivity index (χ0v) is 9.17. The molecule has 0 unspecified atom stereocenters. The van der Waals surface area contributed by atoms with E-state index in [2.05, 4.69) is 13.8 Å². The number of rotatable bonds is 3. The van der Waals surface area contributed by atoms with Crippen LogP contribution in [0.4, 0.5) is 0 Å². The van der Waals surface area contributed by atoms with Crippen LogP contribution in [0, 0.1) is 6.92 Å². The molecule has 0 atom stereocenters. The van der Waals surface area contributed by atoms with E-state index in [1.165, 1.54) is 5.56 Å². The molecule has 14 heavy (non-hydrogen) atoms. The average molecular weight is 193 g/mol. The van der Waals surface area contributed by atoms with Crippen molar-refractivity contribution in [2.45, 2.75) is 32.6 Å². The Morgan fingerprint density at radius 2 is 2.00 bits per heavy atom. The van der Waals surface area contributed by atoms with E-state index in [-0.39, 0.29) is 5.41 Å². The van der Waals surface area contributed by atoms with E-state index in [0.29, 0.717) is 12.3 Å². The molecular formula is C12H19NO. The van der Waals surface area contributed by atoms with Crippen LogP contribution in [0.3, 0.4) is 0 Å². The van der Waals surface area contributed by atoms with Gasteiger partial charge in [0.25, 0.3) is 0 Å². The van der Waals surface area contributed by atoms with Crippen molar-refractivity contribution < 1.29 is 5.11 Å². The van der Waals surface area contributed by atoms with Crippen LogP contribution in [0.15, 0.2) is 18.2 Å². The summed E-state index contributed by atoms with van der Waals surface area (Å²) in [5, 5.41) is 9.41.